The third-order valence-corrected chi connectivity index (χ3v) is 3.27. The first kappa shape index (κ1) is 10.2. The van der Waals surface area contributed by atoms with E-state index < -0.39 is 0 Å². The van der Waals surface area contributed by atoms with Gasteiger partial charge in [0.05, 0.1) is 12.0 Å². The number of rotatable bonds is 3. The normalized spacial score (nSPS) is 19.5. The molecule has 0 aliphatic carbocycles. The summed E-state index contributed by atoms with van der Waals surface area (Å²) in [6, 6.07) is 10.3. The summed E-state index contributed by atoms with van der Waals surface area (Å²) in [7, 11) is 0. The number of benzene rings is 1. The van der Waals surface area contributed by atoms with Gasteiger partial charge in [-0.3, -0.25) is 0 Å². The minimum absolute atomic E-state index is 0.0461. The van der Waals surface area contributed by atoms with Gasteiger partial charge in [-0.25, -0.2) is 0 Å². The van der Waals surface area contributed by atoms with Gasteiger partial charge in [0.15, 0.2) is 5.44 Å². The van der Waals surface area contributed by atoms with Crippen LogP contribution >= 0.6 is 11.8 Å². The van der Waals surface area contributed by atoms with Crippen LogP contribution < -0.4 is 5.73 Å². The molecule has 2 nitrogen and oxygen atoms in total. The number of hydrogen-bond acceptors (Lipinski definition) is 3. The molecule has 15 heavy (non-hydrogen) atoms. The van der Waals surface area contributed by atoms with E-state index in [-0.39, 0.29) is 5.44 Å². The van der Waals surface area contributed by atoms with Crippen LogP contribution in [0.15, 0.2) is 54.4 Å². The SMILES string of the molecule is NC1=CC=COC1SCc1ccccc1. The molecule has 0 bridgehead atoms. The average Bonchev–Trinajstić information content (AvgIpc) is 2.29. The lowest BCUT2D eigenvalue weighted by atomic mass is 10.2. The van der Waals surface area contributed by atoms with E-state index in [1.165, 1.54) is 5.56 Å². The molecular weight excluding hydrogens is 206 g/mol. The molecule has 1 heterocycles. The zero-order chi connectivity index (χ0) is 10.5. The zero-order valence-electron chi connectivity index (χ0n) is 8.30. The van der Waals surface area contributed by atoms with Gasteiger partial charge in [0.25, 0.3) is 0 Å². The van der Waals surface area contributed by atoms with E-state index in [0.29, 0.717) is 0 Å². The summed E-state index contributed by atoms with van der Waals surface area (Å²) in [4.78, 5) is 0. The Bertz CT molecular complexity index is 372. The number of hydrogen-bond donors (Lipinski definition) is 1. The predicted molar refractivity (Wildman–Crippen MR) is 64.0 cm³/mol. The predicted octanol–water partition coefficient (Wildman–Crippen LogP) is 2.63. The molecule has 0 radical (unpaired) electrons. The van der Waals surface area contributed by atoms with Crippen molar-refractivity contribution in [1.82, 2.24) is 0 Å². The first-order chi connectivity index (χ1) is 7.36. The van der Waals surface area contributed by atoms with Crippen LogP contribution in [0.3, 0.4) is 0 Å². The Hall–Kier alpha value is -1.35. The van der Waals surface area contributed by atoms with Crippen molar-refractivity contribution in [2.45, 2.75) is 11.2 Å². The standard InChI is InChI=1S/C12H13NOS/c13-11-7-4-8-14-12(11)15-9-10-5-2-1-3-6-10/h1-8,12H,9,13H2. The molecular formula is C12H13NOS. The van der Waals surface area contributed by atoms with E-state index in [0.717, 1.165) is 11.4 Å². The van der Waals surface area contributed by atoms with Crippen molar-refractivity contribution in [2.24, 2.45) is 5.73 Å². The van der Waals surface area contributed by atoms with Gasteiger partial charge in [-0.15, -0.1) is 11.8 Å². The molecule has 1 aliphatic rings. The molecule has 0 saturated heterocycles. The molecule has 0 spiro atoms. The molecule has 78 valence electrons. The van der Waals surface area contributed by atoms with Crippen molar-refractivity contribution in [3.63, 3.8) is 0 Å². The molecule has 0 fully saturated rings. The van der Waals surface area contributed by atoms with Crippen molar-refractivity contribution in [2.75, 3.05) is 0 Å². The van der Waals surface area contributed by atoms with Crippen LogP contribution in [-0.4, -0.2) is 5.44 Å². The van der Waals surface area contributed by atoms with E-state index in [9.17, 15) is 0 Å². The molecule has 1 aliphatic heterocycles. The maximum absolute atomic E-state index is 5.81. The van der Waals surface area contributed by atoms with Crippen molar-refractivity contribution in [3.8, 4) is 0 Å². The molecule has 2 rings (SSSR count). The lowest BCUT2D eigenvalue weighted by Crippen LogP contribution is -2.17. The largest absolute Gasteiger partial charge is 0.481 e. The number of nitrogens with two attached hydrogens (primary N) is 1. The van der Waals surface area contributed by atoms with Gasteiger partial charge >= 0.3 is 0 Å². The first-order valence-electron chi connectivity index (χ1n) is 4.79. The molecule has 3 heteroatoms. The first-order valence-corrected chi connectivity index (χ1v) is 5.84. The van der Waals surface area contributed by atoms with E-state index in [1.54, 1.807) is 18.0 Å². The van der Waals surface area contributed by atoms with E-state index >= 15 is 0 Å². The van der Waals surface area contributed by atoms with E-state index in [4.69, 9.17) is 10.5 Å². The van der Waals surface area contributed by atoms with Gasteiger partial charge in [-0.1, -0.05) is 30.3 Å². The fourth-order valence-electron chi connectivity index (χ4n) is 1.31. The Morgan fingerprint density at radius 2 is 2.07 bits per heavy atom. The van der Waals surface area contributed by atoms with Crippen molar-refractivity contribution in [1.29, 1.82) is 0 Å². The van der Waals surface area contributed by atoms with Gasteiger partial charge < -0.3 is 10.5 Å². The zero-order valence-corrected chi connectivity index (χ0v) is 9.11. The van der Waals surface area contributed by atoms with Crippen molar-refractivity contribution in [3.05, 3.63) is 60.0 Å². The summed E-state index contributed by atoms with van der Waals surface area (Å²) in [5.41, 5.74) is 7.82. The summed E-state index contributed by atoms with van der Waals surface area (Å²) in [5, 5.41) is 0. The summed E-state index contributed by atoms with van der Waals surface area (Å²) >= 11 is 1.69. The molecule has 2 N–H and O–H groups in total. The molecule has 0 aromatic heterocycles. The van der Waals surface area contributed by atoms with E-state index in [2.05, 4.69) is 12.1 Å². The van der Waals surface area contributed by atoms with Crippen LogP contribution in [0.1, 0.15) is 5.56 Å². The highest BCUT2D eigenvalue weighted by Crippen LogP contribution is 2.24. The highest BCUT2D eigenvalue weighted by atomic mass is 32.2. The summed E-state index contributed by atoms with van der Waals surface area (Å²) in [5.74, 6) is 0.911. The minimum atomic E-state index is -0.0461. The molecule has 1 atom stereocenters. The lowest BCUT2D eigenvalue weighted by Gasteiger charge is -2.18. The second-order valence-electron chi connectivity index (χ2n) is 3.26. The number of allylic oxidation sites excluding steroid dienone is 2. The smallest absolute Gasteiger partial charge is 0.183 e. The van der Waals surface area contributed by atoms with Crippen LogP contribution in [0, 0.1) is 0 Å². The Labute approximate surface area is 93.8 Å². The van der Waals surface area contributed by atoms with Gasteiger partial charge in [0, 0.05) is 5.75 Å². The van der Waals surface area contributed by atoms with Crippen molar-refractivity contribution >= 4 is 11.8 Å². The van der Waals surface area contributed by atoms with Crippen molar-refractivity contribution < 1.29 is 4.74 Å². The summed E-state index contributed by atoms with van der Waals surface area (Å²) in [6.45, 7) is 0. The quantitative estimate of drug-likeness (QED) is 0.848. The van der Waals surface area contributed by atoms with Crippen LogP contribution in [0.5, 0.6) is 0 Å². The Kier molecular flexibility index (Phi) is 3.35. The maximum Gasteiger partial charge on any atom is 0.183 e. The molecule has 0 amide bonds. The third-order valence-electron chi connectivity index (χ3n) is 2.09. The van der Waals surface area contributed by atoms with Crippen LogP contribution in [0.4, 0.5) is 0 Å². The van der Waals surface area contributed by atoms with Crippen LogP contribution in [0.25, 0.3) is 0 Å². The monoisotopic (exact) mass is 219 g/mol. The van der Waals surface area contributed by atoms with Gasteiger partial charge in [0.1, 0.15) is 0 Å². The summed E-state index contributed by atoms with van der Waals surface area (Å²) in [6.07, 6.45) is 5.38. The van der Waals surface area contributed by atoms with Gasteiger partial charge in [-0.05, 0) is 17.7 Å². The Balaban J connectivity index is 1.89. The highest BCUT2D eigenvalue weighted by Gasteiger charge is 2.13. The molecule has 1 aromatic carbocycles. The minimum Gasteiger partial charge on any atom is -0.481 e. The van der Waals surface area contributed by atoms with Gasteiger partial charge in [0.2, 0.25) is 0 Å². The second-order valence-corrected chi connectivity index (χ2v) is 4.31. The Morgan fingerprint density at radius 3 is 2.80 bits per heavy atom. The number of ether oxygens (including phenoxy) is 1. The molecule has 0 saturated carbocycles. The van der Waals surface area contributed by atoms with Gasteiger partial charge in [-0.2, -0.15) is 0 Å². The average molecular weight is 219 g/mol. The topological polar surface area (TPSA) is 35.2 Å². The molecule has 1 aromatic rings. The molecule has 1 unspecified atom stereocenters. The Morgan fingerprint density at radius 1 is 1.27 bits per heavy atom. The third kappa shape index (κ3) is 2.80. The maximum atomic E-state index is 5.81. The second kappa shape index (κ2) is 4.94. The number of thioether (sulfide) groups is 1. The summed E-state index contributed by atoms with van der Waals surface area (Å²) < 4.78 is 5.40. The fraction of sp³-hybridized carbons (Fsp3) is 0.167. The highest BCUT2D eigenvalue weighted by molar-refractivity contribution is 7.99. The lowest BCUT2D eigenvalue weighted by molar-refractivity contribution is 0.245. The van der Waals surface area contributed by atoms with E-state index in [1.807, 2.05) is 30.4 Å². The fourth-order valence-corrected chi connectivity index (χ4v) is 2.26. The van der Waals surface area contributed by atoms with Crippen LogP contribution in [0.2, 0.25) is 0 Å². The van der Waals surface area contributed by atoms with Crippen LogP contribution in [-0.2, 0) is 10.5 Å².